The van der Waals surface area contributed by atoms with E-state index in [-0.39, 0.29) is 6.10 Å². The fraction of sp³-hybridized carbons (Fsp3) is 0.882. The summed E-state index contributed by atoms with van der Waals surface area (Å²) in [5.41, 5.74) is 0. The predicted octanol–water partition coefficient (Wildman–Crippen LogP) is 5.70. The van der Waals surface area contributed by atoms with Crippen molar-refractivity contribution in [2.75, 3.05) is 0 Å². The van der Waals surface area contributed by atoms with Gasteiger partial charge in [0.05, 0.1) is 0 Å². The maximum atomic E-state index is 9.72. The van der Waals surface area contributed by atoms with Gasteiger partial charge in [0.2, 0.25) is 0 Å². The van der Waals surface area contributed by atoms with Gasteiger partial charge in [0.25, 0.3) is 0 Å². The van der Waals surface area contributed by atoms with Crippen LogP contribution in [0, 0.1) is 0 Å². The van der Waals surface area contributed by atoms with E-state index in [1.807, 2.05) is 6.92 Å². The molecule has 114 valence electrons. The molecule has 0 aliphatic rings. The predicted molar refractivity (Wildman–Crippen MR) is 90.3 cm³/mol. The Labute approximate surface area is 125 Å². The molecule has 0 spiro atoms. The molecule has 0 rings (SSSR count). The van der Waals surface area contributed by atoms with E-state index in [1.54, 1.807) is 3.59 Å². The van der Waals surface area contributed by atoms with Crippen LogP contribution in [0.25, 0.3) is 0 Å². The van der Waals surface area contributed by atoms with Gasteiger partial charge in [0, 0.05) is 0 Å². The van der Waals surface area contributed by atoms with Gasteiger partial charge in [-0.2, -0.15) is 0 Å². The Morgan fingerprint density at radius 3 is 1.58 bits per heavy atom. The summed E-state index contributed by atoms with van der Waals surface area (Å²) in [6.07, 6.45) is 10.1. The Morgan fingerprint density at radius 2 is 1.32 bits per heavy atom. The van der Waals surface area contributed by atoms with Crippen molar-refractivity contribution in [1.29, 1.82) is 0 Å². The van der Waals surface area contributed by atoms with Crippen molar-refractivity contribution in [3.63, 3.8) is 0 Å². The second-order valence-electron chi connectivity index (χ2n) is 6.18. The minimum atomic E-state index is -2.18. The monoisotopic (exact) mass is 376 g/mol. The summed E-state index contributed by atoms with van der Waals surface area (Å²) >= 11 is -2.18. The molecule has 1 atom stereocenters. The van der Waals surface area contributed by atoms with Crippen LogP contribution in [-0.4, -0.2) is 29.6 Å². The van der Waals surface area contributed by atoms with Gasteiger partial charge in [-0.25, -0.2) is 0 Å². The fourth-order valence-corrected chi connectivity index (χ4v) is 19.1. The molecule has 0 heterocycles. The Morgan fingerprint density at radius 1 is 0.947 bits per heavy atom. The van der Waals surface area contributed by atoms with Crippen molar-refractivity contribution >= 4 is 18.4 Å². The summed E-state index contributed by atoms with van der Waals surface area (Å²) in [6, 6.07) is 0. The second kappa shape index (κ2) is 11.2. The Hall–Kier alpha value is 0.499. The molecule has 19 heavy (non-hydrogen) atoms. The van der Waals surface area contributed by atoms with Crippen LogP contribution >= 0.6 is 0 Å². The average Bonchev–Trinajstić information content (AvgIpc) is 2.37. The normalized spacial score (nSPS) is 14.7. The number of aliphatic hydroxyl groups excluding tert-OH is 1. The Kier molecular flexibility index (Phi) is 11.5. The molecule has 0 aliphatic carbocycles. The molecule has 0 aromatic carbocycles. The van der Waals surface area contributed by atoms with Crippen LogP contribution in [0.2, 0.25) is 13.3 Å². The molecule has 0 saturated heterocycles. The number of unbranched alkanes of at least 4 members (excludes halogenated alkanes) is 3. The fourth-order valence-electron chi connectivity index (χ4n) is 3.05. The van der Waals surface area contributed by atoms with E-state index < -0.39 is 18.4 Å². The van der Waals surface area contributed by atoms with Crippen molar-refractivity contribution in [3.8, 4) is 0 Å². The van der Waals surface area contributed by atoms with Crippen molar-refractivity contribution in [3.05, 3.63) is 9.67 Å². The zero-order chi connectivity index (χ0) is 14.7. The molecule has 0 amide bonds. The van der Waals surface area contributed by atoms with Gasteiger partial charge in [0.15, 0.2) is 0 Å². The third-order valence-corrected chi connectivity index (χ3v) is 20.8. The molecule has 0 radical (unpaired) electrons. The molecule has 1 N–H and O–H groups in total. The summed E-state index contributed by atoms with van der Waals surface area (Å²) in [5, 5.41) is 9.72. The SMILES string of the molecule is CCC[CH2][Sn]([CH2]CCC)([CH2]CCC)/[C](C)=C/[C@H](C)O. The molecule has 0 saturated carbocycles. The first-order valence-corrected chi connectivity index (χ1v) is 15.9. The zero-order valence-electron chi connectivity index (χ0n) is 14.0. The van der Waals surface area contributed by atoms with Gasteiger partial charge in [-0.1, -0.05) is 0 Å². The van der Waals surface area contributed by atoms with Gasteiger partial charge in [-0.15, -0.1) is 0 Å². The average molecular weight is 375 g/mol. The number of allylic oxidation sites excluding steroid dienone is 1. The summed E-state index contributed by atoms with van der Waals surface area (Å²) < 4.78 is 6.14. The van der Waals surface area contributed by atoms with Crippen molar-refractivity contribution in [1.82, 2.24) is 0 Å². The van der Waals surface area contributed by atoms with Crippen LogP contribution in [0.15, 0.2) is 9.67 Å². The van der Waals surface area contributed by atoms with Crippen LogP contribution in [0.4, 0.5) is 0 Å². The van der Waals surface area contributed by atoms with Crippen LogP contribution in [-0.2, 0) is 0 Å². The standard InChI is InChI=1S/C5H9O.3C4H9.Sn/c1-3-4-5(2)6;3*1-3-4-2;/h4-6H,1-2H3;3*1,3-4H2,2H3;/t5-;;;;/m0..../s1. The van der Waals surface area contributed by atoms with Gasteiger partial charge < -0.3 is 0 Å². The summed E-state index contributed by atoms with van der Waals surface area (Å²) in [5.74, 6) is 0. The number of aliphatic hydroxyl groups is 1. The molecular formula is C17H36OSn. The van der Waals surface area contributed by atoms with Gasteiger partial charge in [0.1, 0.15) is 0 Å². The molecule has 0 fully saturated rings. The topological polar surface area (TPSA) is 20.2 Å². The summed E-state index contributed by atoms with van der Waals surface area (Å²) in [7, 11) is 0. The maximum absolute atomic E-state index is 9.72. The van der Waals surface area contributed by atoms with Crippen LogP contribution in [0.1, 0.15) is 73.1 Å². The Balaban J connectivity index is 5.06. The van der Waals surface area contributed by atoms with E-state index in [9.17, 15) is 5.11 Å². The molecule has 0 aromatic rings. The number of hydrogen-bond donors (Lipinski definition) is 1. The number of rotatable bonds is 11. The van der Waals surface area contributed by atoms with E-state index >= 15 is 0 Å². The molecular weight excluding hydrogens is 339 g/mol. The van der Waals surface area contributed by atoms with Gasteiger partial charge in [-0.3, -0.25) is 0 Å². The first-order valence-electron chi connectivity index (χ1n) is 8.39. The molecule has 1 nitrogen and oxygen atoms in total. The van der Waals surface area contributed by atoms with Gasteiger partial charge >= 0.3 is 126 Å². The molecule has 0 bridgehead atoms. The molecule has 0 unspecified atom stereocenters. The van der Waals surface area contributed by atoms with E-state index in [2.05, 4.69) is 33.8 Å². The number of hydrogen-bond acceptors (Lipinski definition) is 1. The van der Waals surface area contributed by atoms with E-state index in [1.165, 1.54) is 51.8 Å². The second-order valence-corrected chi connectivity index (χ2v) is 20.0. The van der Waals surface area contributed by atoms with E-state index in [4.69, 9.17) is 0 Å². The van der Waals surface area contributed by atoms with E-state index in [0.717, 1.165) is 0 Å². The third kappa shape index (κ3) is 7.74. The van der Waals surface area contributed by atoms with Crippen molar-refractivity contribution in [2.24, 2.45) is 0 Å². The van der Waals surface area contributed by atoms with Crippen LogP contribution in [0.3, 0.4) is 0 Å². The third-order valence-electron chi connectivity index (χ3n) is 4.35. The van der Waals surface area contributed by atoms with Gasteiger partial charge in [-0.05, 0) is 0 Å². The first-order chi connectivity index (χ1) is 9.02. The quantitative estimate of drug-likeness (QED) is 0.459. The molecule has 0 aromatic heterocycles. The van der Waals surface area contributed by atoms with Crippen molar-refractivity contribution in [2.45, 2.75) is 92.6 Å². The Bertz CT molecular complexity index is 224. The van der Waals surface area contributed by atoms with Crippen LogP contribution in [0.5, 0.6) is 0 Å². The van der Waals surface area contributed by atoms with E-state index in [0.29, 0.717) is 0 Å². The first kappa shape index (κ1) is 19.5. The minimum absolute atomic E-state index is 0.263. The molecule has 2 heteroatoms. The van der Waals surface area contributed by atoms with Crippen molar-refractivity contribution < 1.29 is 5.11 Å². The van der Waals surface area contributed by atoms with Crippen LogP contribution < -0.4 is 0 Å². The summed E-state index contributed by atoms with van der Waals surface area (Å²) in [4.78, 5) is 0. The summed E-state index contributed by atoms with van der Waals surface area (Å²) in [6.45, 7) is 11.2. The molecule has 0 aliphatic heterocycles. The zero-order valence-corrected chi connectivity index (χ0v) is 16.8.